The fourth-order valence-corrected chi connectivity index (χ4v) is 2.95. The molecule has 3 N–H and O–H groups in total. The highest BCUT2D eigenvalue weighted by molar-refractivity contribution is 5.82. The first-order valence-corrected chi connectivity index (χ1v) is 7.75. The van der Waals surface area contributed by atoms with Crippen molar-refractivity contribution < 1.29 is 14.7 Å². The van der Waals surface area contributed by atoms with Gasteiger partial charge in [-0.05, 0) is 31.1 Å². The van der Waals surface area contributed by atoms with Crippen LogP contribution in [-0.2, 0) is 4.79 Å². The third-order valence-electron chi connectivity index (χ3n) is 4.19. The van der Waals surface area contributed by atoms with E-state index in [1.807, 2.05) is 0 Å². The molecule has 0 aromatic rings. The van der Waals surface area contributed by atoms with Crippen molar-refractivity contribution in [3.63, 3.8) is 0 Å². The highest BCUT2D eigenvalue weighted by Crippen LogP contribution is 2.27. The summed E-state index contributed by atoms with van der Waals surface area (Å²) >= 11 is 0. The molecular formula is C15H28N2O3. The molecule has 2 atom stereocenters. The molecule has 1 saturated carbocycles. The third kappa shape index (κ3) is 5.02. The molecule has 116 valence electrons. The number of carbonyl (C=O) groups is 2. The second kappa shape index (κ2) is 8.12. The molecule has 5 nitrogen and oxygen atoms in total. The number of rotatable bonds is 6. The molecule has 0 radical (unpaired) electrons. The maximum atomic E-state index is 12.0. The van der Waals surface area contributed by atoms with E-state index < -0.39 is 12.0 Å². The Hall–Kier alpha value is -1.26. The molecule has 0 saturated heterocycles. The lowest BCUT2D eigenvalue weighted by molar-refractivity contribution is -0.140. The summed E-state index contributed by atoms with van der Waals surface area (Å²) in [6.45, 7) is 5.64. The molecule has 20 heavy (non-hydrogen) atoms. The Balaban J connectivity index is 2.51. The summed E-state index contributed by atoms with van der Waals surface area (Å²) in [6.07, 6.45) is 6.95. The second-order valence-corrected chi connectivity index (χ2v) is 6.09. The van der Waals surface area contributed by atoms with Crippen molar-refractivity contribution in [2.45, 2.75) is 71.4 Å². The Bertz CT molecular complexity index is 325. The summed E-state index contributed by atoms with van der Waals surface area (Å²) in [5, 5.41) is 14.6. The van der Waals surface area contributed by atoms with E-state index in [2.05, 4.69) is 17.6 Å². The molecule has 0 aliphatic heterocycles. The van der Waals surface area contributed by atoms with Crippen LogP contribution >= 0.6 is 0 Å². The van der Waals surface area contributed by atoms with Gasteiger partial charge in [-0.3, -0.25) is 0 Å². The van der Waals surface area contributed by atoms with Crippen LogP contribution in [0.5, 0.6) is 0 Å². The summed E-state index contributed by atoms with van der Waals surface area (Å²) < 4.78 is 0. The average molecular weight is 284 g/mol. The van der Waals surface area contributed by atoms with E-state index in [4.69, 9.17) is 5.11 Å². The van der Waals surface area contributed by atoms with Gasteiger partial charge in [0, 0.05) is 6.04 Å². The van der Waals surface area contributed by atoms with Crippen LogP contribution in [-0.4, -0.2) is 29.2 Å². The van der Waals surface area contributed by atoms with Crippen LogP contribution < -0.4 is 10.6 Å². The van der Waals surface area contributed by atoms with E-state index in [1.54, 1.807) is 13.8 Å². The molecule has 0 heterocycles. The first-order chi connectivity index (χ1) is 9.45. The summed E-state index contributed by atoms with van der Waals surface area (Å²) in [5.74, 6) is -0.587. The number of carboxylic acid groups (broad SMARTS) is 1. The monoisotopic (exact) mass is 284 g/mol. The minimum Gasteiger partial charge on any atom is -0.480 e. The Morgan fingerprint density at radius 1 is 1.15 bits per heavy atom. The van der Waals surface area contributed by atoms with Crippen molar-refractivity contribution in [1.29, 1.82) is 0 Å². The molecule has 1 unspecified atom stereocenters. The minimum atomic E-state index is -0.985. The number of nitrogens with one attached hydrogen (secondary N) is 2. The zero-order valence-electron chi connectivity index (χ0n) is 12.8. The number of hydrogen-bond acceptors (Lipinski definition) is 2. The molecule has 0 spiro atoms. The molecule has 0 aromatic carbocycles. The van der Waals surface area contributed by atoms with E-state index in [-0.39, 0.29) is 18.0 Å². The zero-order valence-corrected chi connectivity index (χ0v) is 12.8. The van der Waals surface area contributed by atoms with Gasteiger partial charge in [0.15, 0.2) is 0 Å². The first-order valence-electron chi connectivity index (χ1n) is 7.75. The standard InChI is InChI=1S/C15H28N2O3/c1-4-12(11-8-6-5-7-9-11)16-15(20)17-13(10(2)3)14(18)19/h10-13H,4-9H2,1-3H3,(H,18,19)(H2,16,17,20)/t12?,13-/m1/s1. The van der Waals surface area contributed by atoms with Gasteiger partial charge < -0.3 is 15.7 Å². The largest absolute Gasteiger partial charge is 0.480 e. The number of aliphatic carboxylic acids is 1. The number of hydrogen-bond donors (Lipinski definition) is 3. The molecule has 1 fully saturated rings. The topological polar surface area (TPSA) is 78.4 Å². The summed E-state index contributed by atoms with van der Waals surface area (Å²) in [4.78, 5) is 23.1. The van der Waals surface area contributed by atoms with Gasteiger partial charge >= 0.3 is 12.0 Å². The van der Waals surface area contributed by atoms with Gasteiger partial charge in [-0.2, -0.15) is 0 Å². The number of carbonyl (C=O) groups excluding carboxylic acids is 1. The number of carboxylic acids is 1. The minimum absolute atomic E-state index is 0.131. The lowest BCUT2D eigenvalue weighted by Crippen LogP contribution is -2.52. The van der Waals surface area contributed by atoms with E-state index in [9.17, 15) is 9.59 Å². The lowest BCUT2D eigenvalue weighted by atomic mass is 9.83. The van der Waals surface area contributed by atoms with Gasteiger partial charge in [0.2, 0.25) is 0 Å². The Labute approximate surface area is 121 Å². The second-order valence-electron chi connectivity index (χ2n) is 6.09. The van der Waals surface area contributed by atoms with Crippen LogP contribution in [0, 0.1) is 11.8 Å². The van der Waals surface area contributed by atoms with E-state index in [1.165, 1.54) is 19.3 Å². The molecular weight excluding hydrogens is 256 g/mol. The summed E-state index contributed by atoms with van der Waals surface area (Å²) in [5.41, 5.74) is 0. The van der Waals surface area contributed by atoms with E-state index in [0.717, 1.165) is 19.3 Å². The van der Waals surface area contributed by atoms with Crippen LogP contribution in [0.1, 0.15) is 59.3 Å². The predicted molar refractivity (Wildman–Crippen MR) is 78.6 cm³/mol. The van der Waals surface area contributed by atoms with Gasteiger partial charge in [-0.15, -0.1) is 0 Å². The highest BCUT2D eigenvalue weighted by Gasteiger charge is 2.27. The van der Waals surface area contributed by atoms with Crippen LogP contribution in [0.3, 0.4) is 0 Å². The summed E-state index contributed by atoms with van der Waals surface area (Å²) in [6, 6.07) is -1.04. The first kappa shape index (κ1) is 16.8. The molecule has 1 aliphatic rings. The highest BCUT2D eigenvalue weighted by atomic mass is 16.4. The van der Waals surface area contributed by atoms with Crippen molar-refractivity contribution in [2.75, 3.05) is 0 Å². The quantitative estimate of drug-likeness (QED) is 0.701. The van der Waals surface area contributed by atoms with Crippen molar-refractivity contribution in [3.8, 4) is 0 Å². The molecule has 0 bridgehead atoms. The van der Waals surface area contributed by atoms with E-state index in [0.29, 0.717) is 5.92 Å². The number of urea groups is 1. The molecule has 5 heteroatoms. The van der Waals surface area contributed by atoms with E-state index >= 15 is 0 Å². The van der Waals surface area contributed by atoms with Crippen molar-refractivity contribution in [1.82, 2.24) is 10.6 Å². The van der Waals surface area contributed by atoms with Gasteiger partial charge in [0.25, 0.3) is 0 Å². The normalized spacial score (nSPS) is 19.4. The molecule has 0 aromatic heterocycles. The Morgan fingerprint density at radius 3 is 2.20 bits per heavy atom. The predicted octanol–water partition coefficient (Wildman–Crippen LogP) is 2.75. The van der Waals surface area contributed by atoms with Crippen molar-refractivity contribution in [3.05, 3.63) is 0 Å². The van der Waals surface area contributed by atoms with Crippen LogP contribution in [0.25, 0.3) is 0 Å². The zero-order chi connectivity index (χ0) is 15.1. The van der Waals surface area contributed by atoms with Crippen LogP contribution in [0.15, 0.2) is 0 Å². The van der Waals surface area contributed by atoms with Gasteiger partial charge in [0.1, 0.15) is 6.04 Å². The maximum Gasteiger partial charge on any atom is 0.326 e. The van der Waals surface area contributed by atoms with Crippen molar-refractivity contribution in [2.24, 2.45) is 11.8 Å². The van der Waals surface area contributed by atoms with Crippen LogP contribution in [0.2, 0.25) is 0 Å². The SMILES string of the molecule is CCC(NC(=O)N[C@@H](C(=O)O)C(C)C)C1CCCCC1. The lowest BCUT2D eigenvalue weighted by Gasteiger charge is -2.31. The maximum absolute atomic E-state index is 12.0. The fraction of sp³-hybridized carbons (Fsp3) is 0.867. The fourth-order valence-electron chi connectivity index (χ4n) is 2.95. The van der Waals surface area contributed by atoms with Gasteiger partial charge in [-0.25, -0.2) is 9.59 Å². The van der Waals surface area contributed by atoms with Gasteiger partial charge in [-0.1, -0.05) is 40.0 Å². The molecule has 1 aliphatic carbocycles. The average Bonchev–Trinajstić information content (AvgIpc) is 2.42. The molecule has 2 amide bonds. The Morgan fingerprint density at radius 2 is 1.75 bits per heavy atom. The summed E-state index contributed by atoms with van der Waals surface area (Å²) in [7, 11) is 0. The van der Waals surface area contributed by atoms with Gasteiger partial charge in [0.05, 0.1) is 0 Å². The number of amides is 2. The molecule has 1 rings (SSSR count). The van der Waals surface area contributed by atoms with Crippen molar-refractivity contribution >= 4 is 12.0 Å². The van der Waals surface area contributed by atoms with Crippen LogP contribution in [0.4, 0.5) is 4.79 Å². The third-order valence-corrected chi connectivity index (χ3v) is 4.19. The smallest absolute Gasteiger partial charge is 0.326 e. The Kier molecular flexibility index (Phi) is 6.82.